The van der Waals surface area contributed by atoms with E-state index in [0.29, 0.717) is 56.7 Å². The first-order chi connectivity index (χ1) is 16.0. The van der Waals surface area contributed by atoms with E-state index in [1.807, 2.05) is 23.1 Å². The molecule has 1 aromatic rings. The molecule has 9 nitrogen and oxygen atoms in total. The fourth-order valence-corrected chi connectivity index (χ4v) is 4.66. The van der Waals surface area contributed by atoms with Crippen molar-refractivity contribution in [2.24, 2.45) is 10.9 Å². The van der Waals surface area contributed by atoms with Crippen molar-refractivity contribution < 1.29 is 23.9 Å². The summed E-state index contributed by atoms with van der Waals surface area (Å²) in [6.07, 6.45) is 6.74. The van der Waals surface area contributed by atoms with E-state index in [1.165, 1.54) is 26.4 Å². The molecule has 0 radical (unpaired) electrons. The highest BCUT2D eigenvalue weighted by atomic mass is 16.5. The van der Waals surface area contributed by atoms with Gasteiger partial charge in [-0.05, 0) is 43.4 Å². The number of fused-ring (bicyclic) bond motifs is 2. The number of carbonyl (C=O) groups excluding carboxylic acids is 3. The monoisotopic (exact) mass is 456 g/mol. The largest absolute Gasteiger partial charge is 0.494 e. The zero-order valence-corrected chi connectivity index (χ0v) is 19.2. The number of guanidine groups is 1. The maximum atomic E-state index is 12.8. The molecule has 33 heavy (non-hydrogen) atoms. The van der Waals surface area contributed by atoms with E-state index in [-0.39, 0.29) is 24.3 Å². The fourth-order valence-electron chi connectivity index (χ4n) is 4.66. The average molecular weight is 457 g/mol. The van der Waals surface area contributed by atoms with Gasteiger partial charge in [0.15, 0.2) is 0 Å². The molecular formula is C24H32N4O5. The van der Waals surface area contributed by atoms with Crippen molar-refractivity contribution in [1.29, 1.82) is 0 Å². The Labute approximate surface area is 194 Å². The second kappa shape index (κ2) is 10.7. The molecule has 4 rings (SSSR count). The van der Waals surface area contributed by atoms with Gasteiger partial charge in [-0.1, -0.05) is 19.3 Å². The summed E-state index contributed by atoms with van der Waals surface area (Å²) in [7, 11) is 1.35. The first-order valence-corrected chi connectivity index (χ1v) is 11.8. The average Bonchev–Trinajstić information content (AvgIpc) is 3.18. The van der Waals surface area contributed by atoms with Crippen LogP contribution in [0.25, 0.3) is 0 Å². The summed E-state index contributed by atoms with van der Waals surface area (Å²) in [6, 6.07) is 5.67. The molecular weight excluding hydrogens is 424 g/mol. The third-order valence-electron chi connectivity index (χ3n) is 6.43. The molecule has 2 aliphatic heterocycles. The molecule has 1 aromatic carbocycles. The summed E-state index contributed by atoms with van der Waals surface area (Å²) < 4.78 is 10.7. The first kappa shape index (κ1) is 23.1. The second-order valence-corrected chi connectivity index (χ2v) is 8.94. The number of aliphatic imine (C=N–C) groups is 1. The van der Waals surface area contributed by atoms with Gasteiger partial charge in [0.25, 0.3) is 0 Å². The van der Waals surface area contributed by atoms with E-state index < -0.39 is 0 Å². The predicted molar refractivity (Wildman–Crippen MR) is 122 cm³/mol. The lowest BCUT2D eigenvalue weighted by Gasteiger charge is -2.29. The topological polar surface area (TPSA) is 101 Å². The van der Waals surface area contributed by atoms with Gasteiger partial charge in [-0.15, -0.1) is 0 Å². The molecule has 9 heteroatoms. The molecule has 1 saturated heterocycles. The highest BCUT2D eigenvalue weighted by Gasteiger charge is 2.29. The minimum absolute atomic E-state index is 0.00782. The Kier molecular flexibility index (Phi) is 7.47. The third-order valence-corrected chi connectivity index (χ3v) is 6.43. The molecule has 2 fully saturated rings. The number of rotatable bonds is 9. The second-order valence-electron chi connectivity index (χ2n) is 8.94. The number of ether oxygens (including phenoxy) is 2. The number of hydrogen-bond acceptors (Lipinski definition) is 7. The normalized spacial score (nSPS) is 17.5. The molecule has 1 aliphatic carbocycles. The van der Waals surface area contributed by atoms with Gasteiger partial charge in [-0.25, -0.2) is 4.99 Å². The SMILES string of the molecule is COC(=O)CN(CC1CCCCC1)C(=O)CCCOc1ccc2c(c1)CN1CC(=O)NC1=N2. The van der Waals surface area contributed by atoms with E-state index in [2.05, 4.69) is 10.3 Å². The van der Waals surface area contributed by atoms with Gasteiger partial charge in [-0.2, -0.15) is 0 Å². The smallest absolute Gasteiger partial charge is 0.325 e. The minimum atomic E-state index is -0.384. The standard InChI is InChI=1S/C24H32N4O5/c1-32-23(31)16-27(13-17-6-3-2-4-7-17)22(30)8-5-11-33-19-9-10-20-18(12-19)14-28-15-21(29)26-24(28)25-20/h9-10,12,17H,2-8,11,13-16H2,1H3,(H,25,26,29). The lowest BCUT2D eigenvalue weighted by molar-refractivity contribution is -0.147. The lowest BCUT2D eigenvalue weighted by atomic mass is 9.89. The van der Waals surface area contributed by atoms with E-state index >= 15 is 0 Å². The first-order valence-electron chi connectivity index (χ1n) is 11.8. The van der Waals surface area contributed by atoms with E-state index in [9.17, 15) is 14.4 Å². The lowest BCUT2D eigenvalue weighted by Crippen LogP contribution is -2.40. The number of esters is 1. The van der Waals surface area contributed by atoms with Crippen LogP contribution >= 0.6 is 0 Å². The van der Waals surface area contributed by atoms with Crippen LogP contribution in [-0.2, 0) is 25.7 Å². The van der Waals surface area contributed by atoms with Crippen molar-refractivity contribution in [3.05, 3.63) is 23.8 Å². The number of amides is 2. The van der Waals surface area contributed by atoms with Gasteiger partial charge < -0.3 is 19.3 Å². The number of hydrogen-bond donors (Lipinski definition) is 1. The van der Waals surface area contributed by atoms with Crippen molar-refractivity contribution in [2.45, 2.75) is 51.5 Å². The predicted octanol–water partition coefficient (Wildman–Crippen LogP) is 2.36. The molecule has 0 bridgehead atoms. The van der Waals surface area contributed by atoms with Gasteiger partial charge in [0.1, 0.15) is 18.8 Å². The maximum absolute atomic E-state index is 12.8. The van der Waals surface area contributed by atoms with Gasteiger partial charge in [0.2, 0.25) is 17.8 Å². The van der Waals surface area contributed by atoms with Crippen LogP contribution in [0, 0.1) is 5.92 Å². The number of nitrogens with one attached hydrogen (secondary N) is 1. The van der Waals surface area contributed by atoms with Crippen molar-refractivity contribution in [3.63, 3.8) is 0 Å². The van der Waals surface area contributed by atoms with Gasteiger partial charge >= 0.3 is 5.97 Å². The van der Waals surface area contributed by atoms with Crippen LogP contribution < -0.4 is 10.1 Å². The third kappa shape index (κ3) is 6.03. The summed E-state index contributed by atoms with van der Waals surface area (Å²) in [5.41, 5.74) is 1.83. The van der Waals surface area contributed by atoms with Crippen LogP contribution in [0.1, 0.15) is 50.5 Å². The van der Waals surface area contributed by atoms with Crippen molar-refractivity contribution in [1.82, 2.24) is 15.1 Å². The van der Waals surface area contributed by atoms with Crippen molar-refractivity contribution in [2.75, 3.05) is 33.4 Å². The molecule has 3 aliphatic rings. The highest BCUT2D eigenvalue weighted by Crippen LogP contribution is 2.30. The Morgan fingerprint density at radius 3 is 2.82 bits per heavy atom. The molecule has 178 valence electrons. The molecule has 0 spiro atoms. The van der Waals surface area contributed by atoms with Crippen LogP contribution in [0.5, 0.6) is 5.75 Å². The minimum Gasteiger partial charge on any atom is -0.494 e. The van der Waals surface area contributed by atoms with Crippen LogP contribution in [0.15, 0.2) is 23.2 Å². The molecule has 0 unspecified atom stereocenters. The molecule has 2 amide bonds. The summed E-state index contributed by atoms with van der Waals surface area (Å²) in [6.45, 7) is 1.95. The summed E-state index contributed by atoms with van der Waals surface area (Å²) in [5, 5.41) is 2.75. The Morgan fingerprint density at radius 2 is 2.03 bits per heavy atom. The summed E-state index contributed by atoms with van der Waals surface area (Å²) in [5.74, 6) is 1.31. The molecule has 0 atom stereocenters. The van der Waals surface area contributed by atoms with Gasteiger partial charge in [0.05, 0.1) is 19.4 Å². The van der Waals surface area contributed by atoms with Gasteiger partial charge in [-0.3, -0.25) is 19.7 Å². The molecule has 1 N–H and O–H groups in total. The Bertz CT molecular complexity index is 925. The van der Waals surface area contributed by atoms with E-state index in [4.69, 9.17) is 9.47 Å². The van der Waals surface area contributed by atoms with E-state index in [1.54, 1.807) is 4.90 Å². The number of nitrogens with zero attached hydrogens (tertiary/aromatic N) is 3. The van der Waals surface area contributed by atoms with Crippen LogP contribution in [-0.4, -0.2) is 66.9 Å². The maximum Gasteiger partial charge on any atom is 0.325 e. The zero-order valence-electron chi connectivity index (χ0n) is 19.2. The zero-order chi connectivity index (χ0) is 23.2. The highest BCUT2D eigenvalue weighted by molar-refractivity contribution is 6.05. The fraction of sp³-hybridized carbons (Fsp3) is 0.583. The summed E-state index contributed by atoms with van der Waals surface area (Å²) in [4.78, 5) is 44.2. The molecule has 2 heterocycles. The Hall–Kier alpha value is -3.10. The van der Waals surface area contributed by atoms with Crippen LogP contribution in [0.4, 0.5) is 5.69 Å². The van der Waals surface area contributed by atoms with Crippen molar-refractivity contribution >= 4 is 29.4 Å². The number of carbonyl (C=O) groups is 3. The Morgan fingerprint density at radius 1 is 1.21 bits per heavy atom. The number of benzene rings is 1. The van der Waals surface area contributed by atoms with Crippen LogP contribution in [0.3, 0.4) is 0 Å². The van der Waals surface area contributed by atoms with E-state index in [0.717, 1.165) is 24.1 Å². The molecule has 0 aromatic heterocycles. The van der Waals surface area contributed by atoms with Gasteiger partial charge in [0, 0.05) is 25.1 Å². The number of methoxy groups -OCH3 is 1. The molecule has 1 saturated carbocycles. The Balaban J connectivity index is 1.26. The quantitative estimate of drug-likeness (QED) is 0.452. The summed E-state index contributed by atoms with van der Waals surface area (Å²) >= 11 is 0. The van der Waals surface area contributed by atoms with Crippen molar-refractivity contribution in [3.8, 4) is 5.75 Å². The van der Waals surface area contributed by atoms with Crippen LogP contribution in [0.2, 0.25) is 0 Å².